The zero-order valence-corrected chi connectivity index (χ0v) is 27.4. The lowest BCUT2D eigenvalue weighted by molar-refractivity contribution is 0.185. The quantitative estimate of drug-likeness (QED) is 0.246. The molecule has 1 aromatic heterocycles. The average Bonchev–Trinajstić information content (AvgIpc) is 3.52. The van der Waals surface area contributed by atoms with Gasteiger partial charge in [-0.15, -0.1) is 0 Å². The summed E-state index contributed by atoms with van der Waals surface area (Å²) in [5, 5.41) is 16.5. The lowest BCUT2D eigenvalue weighted by atomic mass is 9.96. The first kappa shape index (κ1) is 30.1. The molecule has 0 aliphatic carbocycles. The summed E-state index contributed by atoms with van der Waals surface area (Å²) in [7, 11) is -0.411. The van der Waals surface area contributed by atoms with Crippen molar-refractivity contribution in [3.63, 3.8) is 0 Å². The minimum Gasteiger partial charge on any atom is -0.508 e. The first-order valence-corrected chi connectivity index (χ1v) is 18.4. The third-order valence-electron chi connectivity index (χ3n) is 10.3. The number of aromatic hydroxyl groups is 1. The number of piperazine rings is 1. The van der Waals surface area contributed by atoms with Crippen molar-refractivity contribution in [3.8, 4) is 22.9 Å². The number of benzene rings is 3. The predicted octanol–water partition coefficient (Wildman–Crippen LogP) is 5.60. The number of aromatic nitrogens is 2. The Balaban J connectivity index is 1.13. The van der Waals surface area contributed by atoms with Crippen LogP contribution < -0.4 is 15.0 Å². The van der Waals surface area contributed by atoms with Crippen LogP contribution in [0.25, 0.3) is 32.8 Å². The molecule has 3 aromatic carbocycles. The molecule has 0 saturated carbocycles. The van der Waals surface area contributed by atoms with Gasteiger partial charge in [0.15, 0.2) is 5.82 Å². The molecule has 4 aliphatic heterocycles. The average molecular weight is 665 g/mol. The number of phenolic OH excluding ortho intramolecular Hbond substituents is 1. The van der Waals surface area contributed by atoms with Gasteiger partial charge in [0, 0.05) is 83.0 Å². The highest BCUT2D eigenvalue weighted by molar-refractivity contribution is 7.93. The first-order valence-electron chi connectivity index (χ1n) is 16.2. The summed E-state index contributed by atoms with van der Waals surface area (Å²) in [4.78, 5) is 14.2. The maximum atomic E-state index is 16.8. The van der Waals surface area contributed by atoms with Gasteiger partial charge >= 0.3 is 6.01 Å². The van der Waals surface area contributed by atoms with E-state index in [1.165, 1.54) is 0 Å². The van der Waals surface area contributed by atoms with Crippen LogP contribution in [0.5, 0.6) is 11.8 Å². The maximum Gasteiger partial charge on any atom is 0.319 e. The second-order valence-corrected chi connectivity index (χ2v) is 16.1. The number of phenols is 1. The molecule has 9 nitrogen and oxygen atoms in total. The Morgan fingerprint density at radius 2 is 1.80 bits per heavy atom. The van der Waals surface area contributed by atoms with E-state index in [1.54, 1.807) is 25.2 Å². The second-order valence-electron chi connectivity index (χ2n) is 13.1. The number of hydrogen-bond donors (Lipinski definition) is 2. The Kier molecular flexibility index (Phi) is 7.70. The Morgan fingerprint density at radius 3 is 2.54 bits per heavy atom. The van der Waals surface area contributed by atoms with Crippen molar-refractivity contribution >= 4 is 48.8 Å². The van der Waals surface area contributed by atoms with Crippen molar-refractivity contribution in [2.75, 3.05) is 49.7 Å². The van der Waals surface area contributed by atoms with Crippen LogP contribution in [-0.4, -0.2) is 93.1 Å². The highest BCUT2D eigenvalue weighted by Crippen LogP contribution is 2.43. The van der Waals surface area contributed by atoms with Crippen molar-refractivity contribution < 1.29 is 18.4 Å². The van der Waals surface area contributed by atoms with Gasteiger partial charge in [-0.3, -0.25) is 4.90 Å². The van der Waals surface area contributed by atoms with E-state index in [-0.39, 0.29) is 27.9 Å². The number of nitrogens with one attached hydrogen (secondary N) is 1. The van der Waals surface area contributed by atoms with Crippen molar-refractivity contribution in [3.05, 3.63) is 53.3 Å². The molecule has 4 fully saturated rings. The molecule has 4 bridgehead atoms. The lowest BCUT2D eigenvalue weighted by Gasteiger charge is -2.36. The molecule has 0 radical (unpaired) electrons. The fourth-order valence-corrected chi connectivity index (χ4v) is 10.8. The van der Waals surface area contributed by atoms with Crippen LogP contribution in [0, 0.1) is 5.82 Å². The molecule has 0 amide bonds. The fourth-order valence-electron chi connectivity index (χ4n) is 8.15. The Hall–Kier alpha value is -3.25. The molecule has 12 heteroatoms. The molecule has 4 aromatic rings. The van der Waals surface area contributed by atoms with Crippen LogP contribution in [0.4, 0.5) is 10.2 Å². The monoisotopic (exact) mass is 664 g/mol. The Bertz CT molecular complexity index is 1940. The topological polar surface area (TPSA) is 103 Å². The van der Waals surface area contributed by atoms with Crippen molar-refractivity contribution in [2.45, 2.75) is 56.3 Å². The van der Waals surface area contributed by atoms with Gasteiger partial charge in [-0.1, -0.05) is 35.9 Å². The van der Waals surface area contributed by atoms with E-state index < -0.39 is 15.5 Å². The largest absolute Gasteiger partial charge is 0.508 e. The highest BCUT2D eigenvalue weighted by Gasteiger charge is 2.41. The van der Waals surface area contributed by atoms with E-state index in [0.29, 0.717) is 59.0 Å². The molecular weight excluding hydrogens is 627 g/mol. The highest BCUT2D eigenvalue weighted by atomic mass is 35.5. The van der Waals surface area contributed by atoms with Gasteiger partial charge < -0.3 is 20.1 Å². The Labute approximate surface area is 273 Å². The summed E-state index contributed by atoms with van der Waals surface area (Å²) in [5.41, 5.74) is 0.830. The minimum absolute atomic E-state index is 0.0292. The summed E-state index contributed by atoms with van der Waals surface area (Å²) < 4.78 is 40.2. The fraction of sp³-hybridized carbons (Fsp3) is 0.471. The van der Waals surface area contributed by atoms with Crippen molar-refractivity contribution in [1.29, 1.82) is 0 Å². The molecule has 242 valence electrons. The number of anilines is 1. The molecule has 4 saturated heterocycles. The number of fused-ring (bicyclic) bond motifs is 6. The molecule has 0 spiro atoms. The van der Waals surface area contributed by atoms with Crippen LogP contribution in [0.3, 0.4) is 0 Å². The van der Waals surface area contributed by atoms with Gasteiger partial charge in [0.05, 0.1) is 11.6 Å². The van der Waals surface area contributed by atoms with Gasteiger partial charge in [0.1, 0.15) is 17.1 Å². The number of halogens is 2. The molecule has 8 rings (SSSR count). The van der Waals surface area contributed by atoms with E-state index in [9.17, 15) is 9.32 Å². The van der Waals surface area contributed by atoms with Gasteiger partial charge in [0.25, 0.3) is 0 Å². The summed E-state index contributed by atoms with van der Waals surface area (Å²) in [5.74, 6) is 1.37. The zero-order valence-electron chi connectivity index (χ0n) is 25.8. The summed E-state index contributed by atoms with van der Waals surface area (Å²) in [6.07, 6.45) is 5.05. The number of nitrogens with zero attached hydrogens (tertiary/aromatic N) is 5. The standard InChI is InChI=1S/C34H38ClFN6O3S/c1-37-46(44)18-23-9-10-24(19-46)42(23)11-4-12-45-34-39-32-28(33(40-34)41-16-21-7-8-22(17-41)38-21)15-29(35)30(31(32)36)27-14-25(43)13-20-5-2-3-6-26(20)27/h2-3,5-6,13-15,21-24,38,43H,4,7-12,16-19H2,1H3. The molecule has 46 heavy (non-hydrogen) atoms. The van der Waals surface area contributed by atoms with Crippen LogP contribution in [0.1, 0.15) is 32.1 Å². The summed E-state index contributed by atoms with van der Waals surface area (Å²) in [6.45, 7) is 2.71. The van der Waals surface area contributed by atoms with Gasteiger partial charge in [0.2, 0.25) is 0 Å². The number of rotatable bonds is 7. The van der Waals surface area contributed by atoms with E-state index >= 15 is 4.39 Å². The predicted molar refractivity (Wildman–Crippen MR) is 181 cm³/mol. The molecule has 2 N–H and O–H groups in total. The molecule has 4 unspecified atom stereocenters. The van der Waals surface area contributed by atoms with Crippen LogP contribution in [0.15, 0.2) is 46.8 Å². The van der Waals surface area contributed by atoms with Crippen molar-refractivity contribution in [2.24, 2.45) is 4.36 Å². The van der Waals surface area contributed by atoms with Crippen LogP contribution in [-0.2, 0) is 9.73 Å². The third kappa shape index (κ3) is 5.35. The van der Waals surface area contributed by atoms with Crippen LogP contribution in [0.2, 0.25) is 5.02 Å². The lowest BCUT2D eigenvalue weighted by Crippen LogP contribution is -2.51. The second kappa shape index (κ2) is 11.8. The molecule has 5 heterocycles. The van der Waals surface area contributed by atoms with E-state index in [1.807, 2.05) is 24.3 Å². The summed E-state index contributed by atoms with van der Waals surface area (Å²) >= 11 is 6.88. The zero-order chi connectivity index (χ0) is 31.6. The molecule has 4 aliphatic rings. The number of ether oxygens (including phenoxy) is 1. The van der Waals surface area contributed by atoms with Crippen LogP contribution >= 0.6 is 11.6 Å². The van der Waals surface area contributed by atoms with E-state index in [2.05, 4.69) is 24.5 Å². The third-order valence-corrected chi connectivity index (χ3v) is 13.1. The number of hydrogen-bond acceptors (Lipinski definition) is 9. The summed E-state index contributed by atoms with van der Waals surface area (Å²) in [6, 6.07) is 13.9. The van der Waals surface area contributed by atoms with E-state index in [0.717, 1.165) is 62.5 Å². The van der Waals surface area contributed by atoms with Gasteiger partial charge in [-0.25, -0.2) is 13.0 Å². The van der Waals surface area contributed by atoms with E-state index in [4.69, 9.17) is 21.3 Å². The minimum atomic E-state index is -2.09. The smallest absolute Gasteiger partial charge is 0.319 e. The molecule has 4 atom stereocenters. The van der Waals surface area contributed by atoms with Gasteiger partial charge in [-0.05, 0) is 66.6 Å². The normalized spacial score (nSPS) is 27.5. The maximum absolute atomic E-state index is 16.8. The molecular formula is C34H38ClFN6O3S. The SMILES string of the molecule is CN=S1(=O)CC2CCC(C1)N2CCCOc1nc(N2CC3CCC(C2)N3)c2cc(Cl)c(-c3cc(O)cc4ccccc34)c(F)c2n1. The Morgan fingerprint density at radius 1 is 1.07 bits per heavy atom. The van der Waals surface area contributed by atoms with Crippen molar-refractivity contribution in [1.82, 2.24) is 20.2 Å². The first-order chi connectivity index (χ1) is 22.3. The van der Waals surface area contributed by atoms with Gasteiger partial charge in [-0.2, -0.15) is 9.97 Å².